The zero-order valence-electron chi connectivity index (χ0n) is 16.4. The first kappa shape index (κ1) is 19.0. The summed E-state index contributed by atoms with van der Waals surface area (Å²) in [6.45, 7) is 1.06. The second-order valence-electron chi connectivity index (χ2n) is 7.09. The highest BCUT2D eigenvalue weighted by molar-refractivity contribution is 5.94. The Hall–Kier alpha value is -3.37. The maximum absolute atomic E-state index is 12.7. The molecule has 4 rings (SSSR count). The van der Waals surface area contributed by atoms with Gasteiger partial charge in [-0.15, -0.1) is 0 Å². The lowest BCUT2D eigenvalue weighted by Gasteiger charge is -2.18. The molecule has 3 aromatic carbocycles. The fraction of sp³-hybridized carbons (Fsp3) is 0.160. The number of methoxy groups -OCH3 is 1. The molecule has 0 aliphatic carbocycles. The topological polar surface area (TPSA) is 54.1 Å². The second kappa shape index (κ2) is 8.76. The first-order valence-electron chi connectivity index (χ1n) is 9.73. The molecule has 0 radical (unpaired) electrons. The Labute approximate surface area is 170 Å². The number of rotatable bonds is 7. The van der Waals surface area contributed by atoms with Crippen LogP contribution >= 0.6 is 0 Å². The number of carbonyl (C=O) groups excluding carboxylic acids is 1. The van der Waals surface area contributed by atoms with E-state index in [4.69, 9.17) is 4.74 Å². The normalized spacial score (nSPS) is 12.0. The van der Waals surface area contributed by atoms with Crippen molar-refractivity contribution in [3.63, 3.8) is 0 Å². The molecule has 1 unspecified atom stereocenters. The molecule has 2 N–H and O–H groups in total. The molecule has 1 aromatic heterocycles. The molecule has 0 saturated carbocycles. The van der Waals surface area contributed by atoms with Crippen LogP contribution in [0.3, 0.4) is 0 Å². The van der Waals surface area contributed by atoms with Crippen molar-refractivity contribution < 1.29 is 9.53 Å². The Balaban J connectivity index is 1.57. The lowest BCUT2D eigenvalue weighted by Crippen LogP contribution is -2.28. The number of benzene rings is 3. The summed E-state index contributed by atoms with van der Waals surface area (Å²) in [5, 5.41) is 4.30. The lowest BCUT2D eigenvalue weighted by molar-refractivity contribution is 0.0952. The van der Waals surface area contributed by atoms with Gasteiger partial charge < -0.3 is 15.0 Å². The van der Waals surface area contributed by atoms with Crippen LogP contribution in [0.2, 0.25) is 0 Å². The van der Waals surface area contributed by atoms with E-state index in [1.807, 2.05) is 60.8 Å². The van der Waals surface area contributed by atoms with Crippen LogP contribution in [0, 0.1) is 0 Å². The van der Waals surface area contributed by atoms with Gasteiger partial charge in [-0.1, -0.05) is 60.7 Å². The highest BCUT2D eigenvalue weighted by Gasteiger charge is 2.19. The van der Waals surface area contributed by atoms with Gasteiger partial charge in [0.15, 0.2) is 0 Å². The minimum absolute atomic E-state index is 0.0593. The molecular weight excluding hydrogens is 360 g/mol. The van der Waals surface area contributed by atoms with Gasteiger partial charge in [0.1, 0.15) is 0 Å². The Morgan fingerprint density at radius 3 is 2.45 bits per heavy atom. The predicted octanol–water partition coefficient (Wildman–Crippen LogP) is 4.88. The molecule has 0 fully saturated rings. The highest BCUT2D eigenvalue weighted by Crippen LogP contribution is 2.30. The number of H-pyrrole nitrogens is 1. The van der Waals surface area contributed by atoms with E-state index in [9.17, 15) is 4.79 Å². The number of para-hydroxylation sites is 1. The van der Waals surface area contributed by atoms with Crippen LogP contribution in [-0.4, -0.2) is 24.5 Å². The quantitative estimate of drug-likeness (QED) is 0.477. The predicted molar refractivity (Wildman–Crippen MR) is 116 cm³/mol. The molecule has 1 amide bonds. The smallest absolute Gasteiger partial charge is 0.251 e. The van der Waals surface area contributed by atoms with E-state index >= 15 is 0 Å². The molecule has 0 spiro atoms. The van der Waals surface area contributed by atoms with Gasteiger partial charge in [-0.3, -0.25) is 4.79 Å². The SMILES string of the molecule is COCc1ccc(C(=O)NCC(c2ccccc2)c2c[nH]c3ccccc23)cc1. The van der Waals surface area contributed by atoms with E-state index in [0.29, 0.717) is 18.7 Å². The molecule has 1 heterocycles. The monoisotopic (exact) mass is 384 g/mol. The number of ether oxygens (including phenoxy) is 1. The van der Waals surface area contributed by atoms with Crippen molar-refractivity contribution >= 4 is 16.8 Å². The lowest BCUT2D eigenvalue weighted by atomic mass is 9.91. The van der Waals surface area contributed by atoms with E-state index in [-0.39, 0.29) is 11.8 Å². The standard InChI is InChI=1S/C25H24N2O2/c1-29-17-18-11-13-20(14-12-18)25(28)27-15-22(19-7-3-2-4-8-19)23-16-26-24-10-6-5-9-21(23)24/h2-14,16,22,26H,15,17H2,1H3,(H,27,28). The molecular formula is C25H24N2O2. The maximum atomic E-state index is 12.7. The van der Waals surface area contributed by atoms with Crippen LogP contribution in [0.1, 0.15) is 33.0 Å². The summed E-state index contributed by atoms with van der Waals surface area (Å²) in [5.74, 6) is -0.0150. The average Bonchev–Trinajstić information content (AvgIpc) is 3.19. The zero-order chi connectivity index (χ0) is 20.1. The summed E-state index contributed by atoms with van der Waals surface area (Å²) in [6.07, 6.45) is 2.05. The molecule has 1 atom stereocenters. The summed E-state index contributed by atoms with van der Waals surface area (Å²) in [4.78, 5) is 16.1. The van der Waals surface area contributed by atoms with Crippen LogP contribution in [-0.2, 0) is 11.3 Å². The van der Waals surface area contributed by atoms with Gasteiger partial charge >= 0.3 is 0 Å². The largest absolute Gasteiger partial charge is 0.380 e. The zero-order valence-corrected chi connectivity index (χ0v) is 16.4. The van der Waals surface area contributed by atoms with Crippen LogP contribution < -0.4 is 5.32 Å². The highest BCUT2D eigenvalue weighted by atomic mass is 16.5. The summed E-state index contributed by atoms with van der Waals surface area (Å²) in [5.41, 5.74) is 5.15. The Morgan fingerprint density at radius 1 is 0.966 bits per heavy atom. The molecule has 0 saturated heterocycles. The molecule has 0 aliphatic rings. The van der Waals surface area contributed by atoms with Crippen molar-refractivity contribution in [3.05, 3.63) is 107 Å². The van der Waals surface area contributed by atoms with Gasteiger partial charge in [-0.05, 0) is 34.9 Å². The molecule has 4 nitrogen and oxygen atoms in total. The Morgan fingerprint density at radius 2 is 1.69 bits per heavy atom. The van der Waals surface area contributed by atoms with E-state index in [1.165, 1.54) is 16.5 Å². The maximum Gasteiger partial charge on any atom is 0.251 e. The van der Waals surface area contributed by atoms with Crippen LogP contribution in [0.5, 0.6) is 0 Å². The molecule has 146 valence electrons. The number of fused-ring (bicyclic) bond motifs is 1. The number of hydrogen-bond acceptors (Lipinski definition) is 2. The third-order valence-corrected chi connectivity index (χ3v) is 5.19. The van der Waals surface area contributed by atoms with Gasteiger partial charge in [-0.2, -0.15) is 0 Å². The third-order valence-electron chi connectivity index (χ3n) is 5.19. The van der Waals surface area contributed by atoms with Crippen molar-refractivity contribution in [2.75, 3.05) is 13.7 Å². The second-order valence-corrected chi connectivity index (χ2v) is 7.09. The summed E-state index contributed by atoms with van der Waals surface area (Å²) >= 11 is 0. The number of amides is 1. The van der Waals surface area contributed by atoms with Gasteiger partial charge in [-0.25, -0.2) is 0 Å². The van der Waals surface area contributed by atoms with Crippen molar-refractivity contribution in [3.8, 4) is 0 Å². The van der Waals surface area contributed by atoms with Gasteiger partial charge in [0, 0.05) is 42.2 Å². The van der Waals surface area contributed by atoms with Crippen LogP contribution in [0.15, 0.2) is 85.1 Å². The number of hydrogen-bond donors (Lipinski definition) is 2. The first-order valence-corrected chi connectivity index (χ1v) is 9.73. The number of aromatic nitrogens is 1. The van der Waals surface area contributed by atoms with Crippen molar-refractivity contribution in [2.45, 2.75) is 12.5 Å². The Kier molecular flexibility index (Phi) is 5.73. The first-order chi connectivity index (χ1) is 14.3. The van der Waals surface area contributed by atoms with Crippen molar-refractivity contribution in [1.29, 1.82) is 0 Å². The van der Waals surface area contributed by atoms with Crippen LogP contribution in [0.4, 0.5) is 0 Å². The fourth-order valence-electron chi connectivity index (χ4n) is 3.69. The number of carbonyl (C=O) groups is 1. The molecule has 4 heteroatoms. The van der Waals surface area contributed by atoms with Crippen molar-refractivity contribution in [2.24, 2.45) is 0 Å². The summed E-state index contributed by atoms with van der Waals surface area (Å²) in [7, 11) is 1.66. The van der Waals surface area contributed by atoms with Crippen molar-refractivity contribution in [1.82, 2.24) is 10.3 Å². The third kappa shape index (κ3) is 4.23. The van der Waals surface area contributed by atoms with Gasteiger partial charge in [0.05, 0.1) is 6.61 Å². The fourth-order valence-corrected chi connectivity index (χ4v) is 3.69. The van der Waals surface area contributed by atoms with E-state index < -0.39 is 0 Å². The molecule has 0 aliphatic heterocycles. The molecule has 0 bridgehead atoms. The summed E-state index contributed by atoms with van der Waals surface area (Å²) in [6, 6.07) is 26.1. The minimum Gasteiger partial charge on any atom is -0.380 e. The molecule has 4 aromatic rings. The Bertz CT molecular complexity index is 1080. The average molecular weight is 384 g/mol. The number of nitrogens with one attached hydrogen (secondary N) is 2. The molecule has 29 heavy (non-hydrogen) atoms. The van der Waals surface area contributed by atoms with Crippen LogP contribution in [0.25, 0.3) is 10.9 Å². The number of aromatic amines is 1. The summed E-state index contributed by atoms with van der Waals surface area (Å²) < 4.78 is 5.13. The minimum atomic E-state index is -0.0743. The van der Waals surface area contributed by atoms with E-state index in [1.54, 1.807) is 7.11 Å². The van der Waals surface area contributed by atoms with E-state index in [0.717, 1.165) is 11.1 Å². The van der Waals surface area contributed by atoms with E-state index in [2.05, 4.69) is 34.6 Å². The van der Waals surface area contributed by atoms with Gasteiger partial charge in [0.2, 0.25) is 0 Å². The van der Waals surface area contributed by atoms with Gasteiger partial charge in [0.25, 0.3) is 5.91 Å².